The lowest BCUT2D eigenvalue weighted by atomic mass is 10.0. The van der Waals surface area contributed by atoms with Gasteiger partial charge in [0.1, 0.15) is 11.4 Å². The number of rotatable bonds is 2. The molecule has 130 valence electrons. The maximum absolute atomic E-state index is 12.7. The van der Waals surface area contributed by atoms with Crippen molar-refractivity contribution in [2.75, 3.05) is 32.8 Å². The van der Waals surface area contributed by atoms with E-state index in [2.05, 4.69) is 4.98 Å². The van der Waals surface area contributed by atoms with Crippen LogP contribution >= 0.6 is 0 Å². The molecule has 0 aromatic carbocycles. The average molecular weight is 333 g/mol. The minimum Gasteiger partial charge on any atom is -0.506 e. The molecule has 3 heterocycles. The summed E-state index contributed by atoms with van der Waals surface area (Å²) in [5.74, 6) is -0.178. The molecule has 2 fully saturated rings. The summed E-state index contributed by atoms with van der Waals surface area (Å²) in [4.78, 5) is 32.6. The number of pyridine rings is 1. The number of hydrogen-bond donors (Lipinski definition) is 1. The molecule has 3 rings (SSSR count). The molecule has 1 N–H and O–H groups in total. The molecule has 1 aromatic heterocycles. The van der Waals surface area contributed by atoms with Gasteiger partial charge in [0.05, 0.1) is 11.8 Å². The maximum atomic E-state index is 12.7. The first kappa shape index (κ1) is 16.7. The molecule has 7 nitrogen and oxygen atoms in total. The van der Waals surface area contributed by atoms with Gasteiger partial charge in [0.2, 0.25) is 0 Å². The second-order valence-electron chi connectivity index (χ2n) is 6.55. The largest absolute Gasteiger partial charge is 0.506 e. The van der Waals surface area contributed by atoms with E-state index in [4.69, 9.17) is 4.74 Å². The van der Waals surface area contributed by atoms with Crippen molar-refractivity contribution in [1.29, 1.82) is 0 Å². The number of ether oxygens (including phenoxy) is 1. The predicted octanol–water partition coefficient (Wildman–Crippen LogP) is 1.03. The molecular formula is C17H23N3O4. The van der Waals surface area contributed by atoms with Crippen LogP contribution in [-0.2, 0) is 9.53 Å². The van der Waals surface area contributed by atoms with Crippen LogP contribution in [0.4, 0.5) is 0 Å². The van der Waals surface area contributed by atoms with Gasteiger partial charge in [-0.1, -0.05) is 0 Å². The van der Waals surface area contributed by atoms with Crippen molar-refractivity contribution in [3.05, 3.63) is 24.0 Å². The molecule has 0 radical (unpaired) electrons. The molecule has 1 aromatic rings. The lowest BCUT2D eigenvalue weighted by Gasteiger charge is -2.30. The highest BCUT2D eigenvalue weighted by Crippen LogP contribution is 2.27. The molecule has 0 spiro atoms. The summed E-state index contributed by atoms with van der Waals surface area (Å²) in [7, 11) is 0. The summed E-state index contributed by atoms with van der Waals surface area (Å²) >= 11 is 0. The van der Waals surface area contributed by atoms with E-state index in [1.54, 1.807) is 9.80 Å². The van der Waals surface area contributed by atoms with Gasteiger partial charge in [-0.15, -0.1) is 0 Å². The molecule has 1 unspecified atom stereocenters. The van der Waals surface area contributed by atoms with Gasteiger partial charge in [0, 0.05) is 39.0 Å². The molecule has 1 atom stereocenters. The molecule has 2 amide bonds. The van der Waals surface area contributed by atoms with Gasteiger partial charge in [0.15, 0.2) is 0 Å². The van der Waals surface area contributed by atoms with Crippen molar-refractivity contribution in [3.63, 3.8) is 0 Å². The number of carbonyl (C=O) groups is 2. The summed E-state index contributed by atoms with van der Waals surface area (Å²) in [6, 6.07) is 1.41. The summed E-state index contributed by atoms with van der Waals surface area (Å²) in [6.07, 6.45) is 5.12. The SMILES string of the molecule is CC1(C(=O)N2CCCN(C(=O)c3cncc(O)c3)CC2)CCCO1. The van der Waals surface area contributed by atoms with E-state index in [0.717, 1.165) is 19.3 Å². The highest BCUT2D eigenvalue weighted by atomic mass is 16.5. The van der Waals surface area contributed by atoms with Crippen LogP contribution in [-0.4, -0.2) is 70.1 Å². The third kappa shape index (κ3) is 3.36. The number of aromatic nitrogens is 1. The molecule has 7 heteroatoms. The van der Waals surface area contributed by atoms with Gasteiger partial charge in [-0.2, -0.15) is 0 Å². The van der Waals surface area contributed by atoms with Crippen LogP contribution in [0.5, 0.6) is 5.75 Å². The number of hydrogen-bond acceptors (Lipinski definition) is 5. The van der Waals surface area contributed by atoms with Crippen molar-refractivity contribution in [3.8, 4) is 5.75 Å². The second kappa shape index (κ2) is 6.76. The third-order valence-corrected chi connectivity index (χ3v) is 4.71. The van der Waals surface area contributed by atoms with Crippen LogP contribution in [0.15, 0.2) is 18.5 Å². The minimum absolute atomic E-state index is 0.0216. The highest BCUT2D eigenvalue weighted by molar-refractivity contribution is 5.94. The van der Waals surface area contributed by atoms with E-state index < -0.39 is 5.60 Å². The van der Waals surface area contributed by atoms with Gasteiger partial charge >= 0.3 is 0 Å². The molecule has 0 aliphatic carbocycles. The minimum atomic E-state index is -0.714. The quantitative estimate of drug-likeness (QED) is 0.874. The van der Waals surface area contributed by atoms with Crippen LogP contribution in [0.3, 0.4) is 0 Å². The summed E-state index contributed by atoms with van der Waals surface area (Å²) in [5, 5.41) is 9.48. The van der Waals surface area contributed by atoms with Crippen LogP contribution < -0.4 is 0 Å². The second-order valence-corrected chi connectivity index (χ2v) is 6.55. The Bertz CT molecular complexity index is 628. The Morgan fingerprint density at radius 3 is 2.62 bits per heavy atom. The Balaban J connectivity index is 1.64. The predicted molar refractivity (Wildman–Crippen MR) is 86.6 cm³/mol. The van der Waals surface area contributed by atoms with Crippen molar-refractivity contribution < 1.29 is 19.4 Å². The molecule has 2 aliphatic heterocycles. The fraction of sp³-hybridized carbons (Fsp3) is 0.588. The number of amides is 2. The Labute approximate surface area is 141 Å². The maximum Gasteiger partial charge on any atom is 0.255 e. The van der Waals surface area contributed by atoms with E-state index in [0.29, 0.717) is 38.3 Å². The Morgan fingerprint density at radius 2 is 1.92 bits per heavy atom. The average Bonchev–Trinajstić information content (AvgIpc) is 2.88. The van der Waals surface area contributed by atoms with Gasteiger partial charge in [0.25, 0.3) is 11.8 Å². The lowest BCUT2D eigenvalue weighted by molar-refractivity contribution is -0.150. The van der Waals surface area contributed by atoms with E-state index in [9.17, 15) is 14.7 Å². The fourth-order valence-electron chi connectivity index (χ4n) is 3.33. The van der Waals surface area contributed by atoms with E-state index in [1.807, 2.05) is 6.92 Å². The normalized spacial score (nSPS) is 24.7. The highest BCUT2D eigenvalue weighted by Gasteiger charge is 2.41. The molecule has 2 aliphatic rings. The van der Waals surface area contributed by atoms with Gasteiger partial charge in [-0.25, -0.2) is 0 Å². The molecular weight excluding hydrogens is 310 g/mol. The number of nitrogens with zero attached hydrogens (tertiary/aromatic N) is 3. The smallest absolute Gasteiger partial charge is 0.255 e. The zero-order valence-electron chi connectivity index (χ0n) is 13.9. The Morgan fingerprint density at radius 1 is 1.17 bits per heavy atom. The lowest BCUT2D eigenvalue weighted by Crippen LogP contribution is -2.48. The zero-order valence-corrected chi connectivity index (χ0v) is 13.9. The third-order valence-electron chi connectivity index (χ3n) is 4.71. The first-order valence-corrected chi connectivity index (χ1v) is 8.36. The van der Waals surface area contributed by atoms with Gasteiger partial charge < -0.3 is 19.6 Å². The van der Waals surface area contributed by atoms with Gasteiger partial charge in [-0.3, -0.25) is 14.6 Å². The van der Waals surface area contributed by atoms with Crippen molar-refractivity contribution in [2.45, 2.75) is 31.8 Å². The van der Waals surface area contributed by atoms with Crippen LogP contribution in [0.2, 0.25) is 0 Å². The molecule has 0 saturated carbocycles. The van der Waals surface area contributed by atoms with Crippen molar-refractivity contribution in [1.82, 2.24) is 14.8 Å². The summed E-state index contributed by atoms with van der Waals surface area (Å²) < 4.78 is 5.65. The van der Waals surface area contributed by atoms with Crippen molar-refractivity contribution in [2.24, 2.45) is 0 Å². The standard InChI is InChI=1S/C17H23N3O4/c1-17(4-2-9-24-17)16(23)20-6-3-5-19(7-8-20)15(22)13-10-14(21)12-18-11-13/h10-12,21H,2-9H2,1H3. The van der Waals surface area contributed by atoms with E-state index >= 15 is 0 Å². The Kier molecular flexibility index (Phi) is 4.71. The molecule has 24 heavy (non-hydrogen) atoms. The summed E-state index contributed by atoms with van der Waals surface area (Å²) in [5.41, 5.74) is -0.352. The van der Waals surface area contributed by atoms with Crippen LogP contribution in [0.25, 0.3) is 0 Å². The van der Waals surface area contributed by atoms with Gasteiger partial charge in [-0.05, 0) is 32.3 Å². The van der Waals surface area contributed by atoms with E-state index in [-0.39, 0.29) is 17.6 Å². The van der Waals surface area contributed by atoms with Crippen LogP contribution in [0.1, 0.15) is 36.5 Å². The summed E-state index contributed by atoms with van der Waals surface area (Å²) in [6.45, 7) is 4.65. The fourth-order valence-corrected chi connectivity index (χ4v) is 3.33. The number of carbonyl (C=O) groups excluding carboxylic acids is 2. The topological polar surface area (TPSA) is 83.0 Å². The Hall–Kier alpha value is -2.15. The first-order chi connectivity index (χ1) is 11.5. The van der Waals surface area contributed by atoms with Crippen molar-refractivity contribution >= 4 is 11.8 Å². The zero-order chi connectivity index (χ0) is 17.2. The first-order valence-electron chi connectivity index (χ1n) is 8.36. The van der Waals surface area contributed by atoms with E-state index in [1.165, 1.54) is 18.5 Å². The molecule has 0 bridgehead atoms. The van der Waals surface area contributed by atoms with Crippen LogP contribution in [0, 0.1) is 0 Å². The monoisotopic (exact) mass is 333 g/mol. The number of aromatic hydroxyl groups is 1. The molecule has 2 saturated heterocycles.